The van der Waals surface area contributed by atoms with E-state index in [-0.39, 0.29) is 11.7 Å². The van der Waals surface area contributed by atoms with Crippen molar-refractivity contribution in [1.82, 2.24) is 10.2 Å². The number of carbonyl (C=O) groups excluding carboxylic acids is 2. The summed E-state index contributed by atoms with van der Waals surface area (Å²) in [6, 6.07) is 23.1. The molecule has 0 unspecified atom stereocenters. The van der Waals surface area contributed by atoms with E-state index in [0.29, 0.717) is 32.6 Å². The molecule has 1 fully saturated rings. The van der Waals surface area contributed by atoms with Crippen molar-refractivity contribution in [2.45, 2.75) is 16.6 Å². The summed E-state index contributed by atoms with van der Waals surface area (Å²) in [4.78, 5) is 27.7. The highest BCUT2D eigenvalue weighted by atomic mass is 35.6. The number of rotatable bonds is 8. The van der Waals surface area contributed by atoms with Crippen LogP contribution >= 0.6 is 58.8 Å². The number of carbonyl (C=O) groups is 2. The Kier molecular flexibility index (Phi) is 9.23. The molecule has 1 aliphatic heterocycles. The maximum atomic E-state index is 13.0. The third-order valence-corrected chi connectivity index (χ3v) is 7.36. The van der Waals surface area contributed by atoms with Crippen molar-refractivity contribution in [2.75, 3.05) is 7.11 Å². The first kappa shape index (κ1) is 28.3. The monoisotopic (exact) mass is 606 g/mol. The SMILES string of the molecule is COc1cc(/C=C2\SC(=S)N(Cc3ccccc3)C2=O)ccc1O[C@@H](NC(=O)c1ccccc1)C(Cl)(Cl)Cl. The van der Waals surface area contributed by atoms with E-state index >= 15 is 0 Å². The first-order chi connectivity index (χ1) is 18.2. The summed E-state index contributed by atoms with van der Waals surface area (Å²) >= 11 is 25.0. The van der Waals surface area contributed by atoms with Gasteiger partial charge in [0.1, 0.15) is 4.32 Å². The van der Waals surface area contributed by atoms with E-state index in [1.807, 2.05) is 30.3 Å². The number of thiocarbonyl (C=S) groups is 1. The fraction of sp³-hybridized carbons (Fsp3) is 0.148. The van der Waals surface area contributed by atoms with Gasteiger partial charge in [0.05, 0.1) is 18.6 Å². The zero-order valence-electron chi connectivity index (χ0n) is 19.9. The topological polar surface area (TPSA) is 67.9 Å². The Bertz CT molecular complexity index is 1370. The molecule has 1 atom stereocenters. The van der Waals surface area contributed by atoms with Crippen LogP contribution in [0.3, 0.4) is 0 Å². The zero-order valence-corrected chi connectivity index (χ0v) is 23.8. The maximum absolute atomic E-state index is 13.0. The lowest BCUT2D eigenvalue weighted by Crippen LogP contribution is -2.47. The molecule has 1 N–H and O–H groups in total. The summed E-state index contributed by atoms with van der Waals surface area (Å²) < 4.78 is 9.84. The average molecular weight is 608 g/mol. The number of amides is 2. The van der Waals surface area contributed by atoms with Gasteiger partial charge in [0.25, 0.3) is 11.8 Å². The van der Waals surface area contributed by atoms with Crippen molar-refractivity contribution in [1.29, 1.82) is 0 Å². The van der Waals surface area contributed by atoms with Crippen molar-refractivity contribution in [3.8, 4) is 11.5 Å². The number of ether oxygens (including phenoxy) is 2. The summed E-state index contributed by atoms with van der Waals surface area (Å²) in [5.41, 5.74) is 2.03. The first-order valence-electron chi connectivity index (χ1n) is 11.2. The van der Waals surface area contributed by atoms with Gasteiger partial charge in [-0.2, -0.15) is 0 Å². The number of thioether (sulfide) groups is 1. The van der Waals surface area contributed by atoms with Gasteiger partial charge in [0, 0.05) is 5.56 Å². The van der Waals surface area contributed by atoms with Crippen molar-refractivity contribution in [2.24, 2.45) is 0 Å². The second kappa shape index (κ2) is 12.4. The Morgan fingerprint density at radius 1 is 1.05 bits per heavy atom. The fourth-order valence-electron chi connectivity index (χ4n) is 3.52. The predicted molar refractivity (Wildman–Crippen MR) is 157 cm³/mol. The van der Waals surface area contributed by atoms with Crippen LogP contribution in [0, 0.1) is 0 Å². The predicted octanol–water partition coefficient (Wildman–Crippen LogP) is 6.60. The molecule has 1 heterocycles. The molecule has 0 radical (unpaired) electrons. The minimum Gasteiger partial charge on any atom is -0.493 e. The largest absolute Gasteiger partial charge is 0.493 e. The van der Waals surface area contributed by atoms with Gasteiger partial charge >= 0.3 is 0 Å². The van der Waals surface area contributed by atoms with Gasteiger partial charge in [0.15, 0.2) is 11.5 Å². The minimum atomic E-state index is -1.99. The smallest absolute Gasteiger partial charge is 0.266 e. The normalized spacial score (nSPS) is 15.5. The van der Waals surface area contributed by atoms with Gasteiger partial charge in [-0.3, -0.25) is 14.5 Å². The number of alkyl halides is 3. The van der Waals surface area contributed by atoms with E-state index in [1.165, 1.54) is 18.9 Å². The van der Waals surface area contributed by atoms with Crippen LogP contribution in [-0.2, 0) is 11.3 Å². The van der Waals surface area contributed by atoms with Crippen LogP contribution in [0.5, 0.6) is 11.5 Å². The highest BCUT2D eigenvalue weighted by Gasteiger charge is 2.37. The highest BCUT2D eigenvalue weighted by Crippen LogP contribution is 2.38. The second-order valence-electron chi connectivity index (χ2n) is 8.04. The number of halogens is 3. The molecule has 0 saturated carbocycles. The number of nitrogens with one attached hydrogen (secondary N) is 1. The number of methoxy groups -OCH3 is 1. The molecule has 1 saturated heterocycles. The third-order valence-electron chi connectivity index (χ3n) is 5.38. The lowest BCUT2D eigenvalue weighted by atomic mass is 10.1. The Hall–Kier alpha value is -2.75. The number of hydrogen-bond donors (Lipinski definition) is 1. The molecule has 0 spiro atoms. The summed E-state index contributed by atoms with van der Waals surface area (Å²) in [5, 5.41) is 2.59. The molecule has 0 aromatic heterocycles. The molecule has 11 heteroatoms. The van der Waals surface area contributed by atoms with Gasteiger partial charge in [-0.05, 0) is 41.5 Å². The minimum absolute atomic E-state index is 0.178. The molecule has 196 valence electrons. The molecule has 38 heavy (non-hydrogen) atoms. The standard InChI is InChI=1S/C27H21Cl3N2O4S2/c1-35-21-14-18(15-22-24(34)32(26(37)38-22)16-17-8-4-2-5-9-17)12-13-20(21)36-25(27(28,29)30)31-23(33)19-10-6-3-7-11-19/h2-15,25H,16H2,1H3,(H,31,33)/b22-15-/t25-/m1/s1. The van der Waals surface area contributed by atoms with Gasteiger partial charge in [0.2, 0.25) is 10.0 Å². The van der Waals surface area contributed by atoms with Gasteiger partial charge in [-0.1, -0.05) is 113 Å². The van der Waals surface area contributed by atoms with Crippen molar-refractivity contribution < 1.29 is 19.1 Å². The molecule has 4 rings (SSSR count). The van der Waals surface area contributed by atoms with Crippen LogP contribution in [0.1, 0.15) is 21.5 Å². The Balaban J connectivity index is 1.52. The Morgan fingerprint density at radius 2 is 1.71 bits per heavy atom. The molecule has 3 aromatic rings. The van der Waals surface area contributed by atoms with E-state index in [9.17, 15) is 9.59 Å². The van der Waals surface area contributed by atoms with Crippen LogP contribution in [-0.4, -0.2) is 38.2 Å². The van der Waals surface area contributed by atoms with E-state index in [4.69, 9.17) is 56.5 Å². The van der Waals surface area contributed by atoms with Gasteiger partial charge < -0.3 is 14.8 Å². The van der Waals surface area contributed by atoms with Crippen molar-refractivity contribution in [3.63, 3.8) is 0 Å². The summed E-state index contributed by atoms with van der Waals surface area (Å²) in [5.74, 6) is -0.115. The lowest BCUT2D eigenvalue weighted by Gasteiger charge is -2.27. The quantitative estimate of drug-likeness (QED) is 0.135. The van der Waals surface area contributed by atoms with E-state index in [0.717, 1.165) is 5.56 Å². The molecule has 0 bridgehead atoms. The molecule has 2 amide bonds. The first-order valence-corrected chi connectivity index (χ1v) is 13.6. The molecular weight excluding hydrogens is 587 g/mol. The molecule has 0 aliphatic carbocycles. The number of benzene rings is 3. The zero-order chi connectivity index (χ0) is 27.3. The molecule has 6 nitrogen and oxygen atoms in total. The molecular formula is C27H21Cl3N2O4S2. The summed E-state index contributed by atoms with van der Waals surface area (Å²) in [7, 11) is 1.46. The van der Waals surface area contributed by atoms with Crippen LogP contribution in [0.15, 0.2) is 83.8 Å². The van der Waals surface area contributed by atoms with Gasteiger partial charge in [-0.15, -0.1) is 0 Å². The maximum Gasteiger partial charge on any atom is 0.266 e. The summed E-state index contributed by atoms with van der Waals surface area (Å²) in [6.07, 6.45) is 0.398. The van der Waals surface area contributed by atoms with Crippen LogP contribution in [0.4, 0.5) is 0 Å². The third kappa shape index (κ3) is 7.01. The van der Waals surface area contributed by atoms with E-state index in [1.54, 1.807) is 59.5 Å². The van der Waals surface area contributed by atoms with E-state index in [2.05, 4.69) is 5.32 Å². The van der Waals surface area contributed by atoms with E-state index < -0.39 is 15.9 Å². The van der Waals surface area contributed by atoms with Crippen molar-refractivity contribution in [3.05, 3.63) is 100 Å². The number of hydrogen-bond acceptors (Lipinski definition) is 6. The van der Waals surface area contributed by atoms with Gasteiger partial charge in [-0.25, -0.2) is 0 Å². The molecule has 3 aromatic carbocycles. The average Bonchev–Trinajstić information content (AvgIpc) is 3.16. The second-order valence-corrected chi connectivity index (χ2v) is 12.1. The lowest BCUT2D eigenvalue weighted by molar-refractivity contribution is -0.122. The Morgan fingerprint density at radius 3 is 2.34 bits per heavy atom. The Labute approximate surface area is 244 Å². The number of nitrogens with zero attached hydrogens (tertiary/aromatic N) is 1. The van der Waals surface area contributed by atoms with Crippen LogP contribution in [0.2, 0.25) is 0 Å². The van der Waals surface area contributed by atoms with Crippen LogP contribution < -0.4 is 14.8 Å². The van der Waals surface area contributed by atoms with Crippen LogP contribution in [0.25, 0.3) is 6.08 Å². The highest BCUT2D eigenvalue weighted by molar-refractivity contribution is 8.26. The molecule has 1 aliphatic rings. The fourth-order valence-corrected chi connectivity index (χ4v) is 5.07. The van der Waals surface area contributed by atoms with Crippen molar-refractivity contribution >= 4 is 81.0 Å². The summed E-state index contributed by atoms with van der Waals surface area (Å²) in [6.45, 7) is 0.395.